The summed E-state index contributed by atoms with van der Waals surface area (Å²) >= 11 is 12.3. The van der Waals surface area contributed by atoms with E-state index in [0.717, 1.165) is 0 Å². The number of H-pyrrole nitrogens is 1. The zero-order valence-corrected chi connectivity index (χ0v) is 15.2. The highest BCUT2D eigenvalue weighted by atomic mass is 35.5. The molecule has 0 bridgehead atoms. The summed E-state index contributed by atoms with van der Waals surface area (Å²) < 4.78 is 0. The second kappa shape index (κ2) is 6.70. The predicted octanol–water partition coefficient (Wildman–Crippen LogP) is 3.50. The van der Waals surface area contributed by atoms with Gasteiger partial charge in [-0.25, -0.2) is 20.2 Å². The number of hydrogen-bond donors (Lipinski definition) is 3. The summed E-state index contributed by atoms with van der Waals surface area (Å²) in [4.78, 5) is 31.4. The van der Waals surface area contributed by atoms with Gasteiger partial charge >= 0.3 is 5.97 Å². The molecule has 0 unspecified atom stereocenters. The number of benzene rings is 1. The first-order valence-electron chi connectivity index (χ1n) is 7.89. The monoisotopic (exact) mass is 402 g/mol. The van der Waals surface area contributed by atoms with Gasteiger partial charge in [0, 0.05) is 39.8 Å². The van der Waals surface area contributed by atoms with Crippen molar-refractivity contribution in [2.24, 2.45) is 0 Å². The topological polar surface area (TPSA) is 98.3 Å². The Labute approximate surface area is 163 Å². The van der Waals surface area contributed by atoms with Crippen LogP contribution in [0.25, 0.3) is 17.0 Å². The number of anilines is 1. The number of nitrogens with zero attached hydrogens (tertiary/aromatic N) is 2. The van der Waals surface area contributed by atoms with Gasteiger partial charge < -0.3 is 10.1 Å². The lowest BCUT2D eigenvalue weighted by Crippen LogP contribution is -2.34. The summed E-state index contributed by atoms with van der Waals surface area (Å²) in [5, 5.41) is 12.0. The SMILES string of the molecule is O=C(O)c1[nH]c2cc(Cl)cc(Cl)c2c1C=C1CNN(c2ccccn2)C1=O. The van der Waals surface area contributed by atoms with Crippen molar-refractivity contribution in [2.75, 3.05) is 11.6 Å². The van der Waals surface area contributed by atoms with E-state index >= 15 is 0 Å². The number of carbonyl (C=O) groups is 2. The maximum atomic E-state index is 12.7. The van der Waals surface area contributed by atoms with Crippen molar-refractivity contribution in [1.82, 2.24) is 15.4 Å². The Balaban J connectivity index is 1.82. The quantitative estimate of drug-likeness (QED) is 0.582. The minimum absolute atomic E-state index is 0.0641. The van der Waals surface area contributed by atoms with Crippen LogP contribution in [0.1, 0.15) is 16.1 Å². The number of amides is 1. The standard InChI is InChI=1S/C18H12Cl2N4O3/c19-10-6-12(20)15-11(16(18(26)27)23-13(15)7-10)5-9-8-22-24(17(9)25)14-3-1-2-4-21-14/h1-7,22-23H,8H2,(H,26,27). The highest BCUT2D eigenvalue weighted by Gasteiger charge is 2.29. The molecule has 3 heterocycles. The first-order chi connectivity index (χ1) is 13.0. The predicted molar refractivity (Wildman–Crippen MR) is 103 cm³/mol. The zero-order chi connectivity index (χ0) is 19.1. The van der Waals surface area contributed by atoms with Crippen LogP contribution in [0.15, 0.2) is 42.1 Å². The highest BCUT2D eigenvalue weighted by molar-refractivity contribution is 6.39. The van der Waals surface area contributed by atoms with Crippen LogP contribution in [0.4, 0.5) is 5.82 Å². The van der Waals surface area contributed by atoms with Gasteiger partial charge in [0.1, 0.15) is 11.5 Å². The Morgan fingerprint density at radius 2 is 2.11 bits per heavy atom. The molecule has 1 amide bonds. The van der Waals surface area contributed by atoms with E-state index in [0.29, 0.717) is 37.9 Å². The number of halogens is 2. The largest absolute Gasteiger partial charge is 0.477 e. The van der Waals surface area contributed by atoms with Crippen LogP contribution >= 0.6 is 23.2 Å². The van der Waals surface area contributed by atoms with Gasteiger partial charge in [-0.2, -0.15) is 0 Å². The number of aromatic amines is 1. The number of fused-ring (bicyclic) bond motifs is 1. The van der Waals surface area contributed by atoms with Gasteiger partial charge in [0.2, 0.25) is 0 Å². The van der Waals surface area contributed by atoms with Crippen molar-refractivity contribution in [3.63, 3.8) is 0 Å². The molecule has 0 spiro atoms. The molecule has 136 valence electrons. The lowest BCUT2D eigenvalue weighted by molar-refractivity contribution is -0.114. The first-order valence-corrected chi connectivity index (χ1v) is 8.65. The molecular formula is C18H12Cl2N4O3. The van der Waals surface area contributed by atoms with Crippen molar-refractivity contribution < 1.29 is 14.7 Å². The van der Waals surface area contributed by atoms with E-state index in [-0.39, 0.29) is 18.1 Å². The second-order valence-electron chi connectivity index (χ2n) is 5.86. The second-order valence-corrected chi connectivity index (χ2v) is 6.71. The molecular weight excluding hydrogens is 391 g/mol. The number of carbonyl (C=O) groups excluding carboxylic acids is 1. The maximum Gasteiger partial charge on any atom is 0.352 e. The fourth-order valence-corrected chi connectivity index (χ4v) is 3.59. The van der Waals surface area contributed by atoms with E-state index < -0.39 is 5.97 Å². The molecule has 3 N–H and O–H groups in total. The van der Waals surface area contributed by atoms with E-state index in [1.807, 2.05) is 0 Å². The zero-order valence-electron chi connectivity index (χ0n) is 13.7. The molecule has 0 aliphatic carbocycles. The Hall–Kier alpha value is -2.87. The van der Waals surface area contributed by atoms with Crippen LogP contribution in [-0.4, -0.2) is 33.5 Å². The van der Waals surface area contributed by atoms with Crippen LogP contribution in [0, 0.1) is 0 Å². The number of hydrazine groups is 1. The molecule has 1 saturated heterocycles. The molecule has 9 heteroatoms. The number of hydrogen-bond acceptors (Lipinski definition) is 4. The van der Waals surface area contributed by atoms with Crippen molar-refractivity contribution >= 4 is 57.9 Å². The third-order valence-electron chi connectivity index (χ3n) is 4.17. The average Bonchev–Trinajstić information content (AvgIpc) is 3.17. The summed E-state index contributed by atoms with van der Waals surface area (Å²) in [7, 11) is 0. The maximum absolute atomic E-state index is 12.7. The Kier molecular flexibility index (Phi) is 4.35. The molecule has 1 aliphatic rings. The molecule has 27 heavy (non-hydrogen) atoms. The summed E-state index contributed by atoms with van der Waals surface area (Å²) in [6.45, 7) is 0.229. The molecule has 3 aromatic rings. The third-order valence-corrected chi connectivity index (χ3v) is 4.69. The van der Waals surface area contributed by atoms with Gasteiger partial charge in [-0.3, -0.25) is 4.79 Å². The van der Waals surface area contributed by atoms with Crippen LogP contribution in [0.5, 0.6) is 0 Å². The fourth-order valence-electron chi connectivity index (χ4n) is 3.00. The Morgan fingerprint density at radius 3 is 2.81 bits per heavy atom. The van der Waals surface area contributed by atoms with Crippen molar-refractivity contribution in [3.05, 3.63) is 63.4 Å². The normalized spacial score (nSPS) is 15.9. The first kappa shape index (κ1) is 17.5. The number of aromatic nitrogens is 2. The number of pyridine rings is 1. The minimum atomic E-state index is -1.16. The molecule has 4 rings (SSSR count). The van der Waals surface area contributed by atoms with Crippen LogP contribution in [-0.2, 0) is 4.79 Å². The van der Waals surface area contributed by atoms with Crippen molar-refractivity contribution in [3.8, 4) is 0 Å². The minimum Gasteiger partial charge on any atom is -0.477 e. The Bertz CT molecular complexity index is 1110. The molecule has 0 radical (unpaired) electrons. The van der Waals surface area contributed by atoms with E-state index in [1.54, 1.807) is 30.5 Å². The fraction of sp³-hybridized carbons (Fsp3) is 0.0556. The van der Waals surface area contributed by atoms with Gasteiger partial charge in [0.25, 0.3) is 5.91 Å². The number of carboxylic acids is 1. The van der Waals surface area contributed by atoms with Crippen molar-refractivity contribution in [2.45, 2.75) is 0 Å². The summed E-state index contributed by atoms with van der Waals surface area (Å²) in [6.07, 6.45) is 3.11. The van der Waals surface area contributed by atoms with E-state index in [4.69, 9.17) is 23.2 Å². The van der Waals surface area contributed by atoms with Gasteiger partial charge in [0.05, 0.1) is 5.02 Å². The lowest BCUT2D eigenvalue weighted by Gasteiger charge is -2.13. The van der Waals surface area contributed by atoms with Crippen LogP contribution in [0.2, 0.25) is 10.0 Å². The summed E-state index contributed by atoms with van der Waals surface area (Å²) in [5.41, 5.74) is 4.08. The third kappa shape index (κ3) is 3.06. The van der Waals surface area contributed by atoms with Gasteiger partial charge in [-0.05, 0) is 30.3 Å². The molecule has 7 nitrogen and oxygen atoms in total. The van der Waals surface area contributed by atoms with E-state index in [1.165, 1.54) is 17.2 Å². The summed E-state index contributed by atoms with van der Waals surface area (Å²) in [6, 6.07) is 8.33. The molecule has 1 fully saturated rings. The molecule has 0 saturated carbocycles. The molecule has 1 aliphatic heterocycles. The number of carboxylic acid groups (broad SMARTS) is 1. The Morgan fingerprint density at radius 1 is 1.30 bits per heavy atom. The lowest BCUT2D eigenvalue weighted by atomic mass is 10.1. The van der Waals surface area contributed by atoms with Crippen LogP contribution < -0.4 is 10.4 Å². The average molecular weight is 403 g/mol. The number of aromatic carboxylic acids is 1. The number of nitrogens with one attached hydrogen (secondary N) is 2. The van der Waals surface area contributed by atoms with Crippen LogP contribution in [0.3, 0.4) is 0 Å². The smallest absolute Gasteiger partial charge is 0.352 e. The van der Waals surface area contributed by atoms with Gasteiger partial charge in [-0.1, -0.05) is 29.3 Å². The van der Waals surface area contributed by atoms with E-state index in [9.17, 15) is 14.7 Å². The molecule has 1 aromatic carbocycles. The highest BCUT2D eigenvalue weighted by Crippen LogP contribution is 2.34. The van der Waals surface area contributed by atoms with Gasteiger partial charge in [0.15, 0.2) is 0 Å². The summed E-state index contributed by atoms with van der Waals surface area (Å²) in [5.74, 6) is -1.03. The number of rotatable bonds is 3. The molecule has 0 atom stereocenters. The van der Waals surface area contributed by atoms with E-state index in [2.05, 4.69) is 15.4 Å². The van der Waals surface area contributed by atoms with Gasteiger partial charge in [-0.15, -0.1) is 0 Å². The molecule has 2 aromatic heterocycles. The van der Waals surface area contributed by atoms with Crippen molar-refractivity contribution in [1.29, 1.82) is 0 Å².